The van der Waals surface area contributed by atoms with E-state index in [1.165, 1.54) is 11.8 Å². The van der Waals surface area contributed by atoms with E-state index in [4.69, 9.17) is 14.5 Å². The molecule has 32 heavy (non-hydrogen) atoms. The topological polar surface area (TPSA) is 82.4 Å². The number of thioether (sulfide) groups is 1. The van der Waals surface area contributed by atoms with Crippen LogP contribution >= 0.6 is 23.1 Å². The molecule has 7 nitrogen and oxygen atoms in total. The van der Waals surface area contributed by atoms with Crippen molar-refractivity contribution >= 4 is 39.2 Å². The van der Waals surface area contributed by atoms with Crippen LogP contribution in [-0.2, 0) is 16.0 Å². The number of thiophene rings is 1. The SMILES string of the molecule is CCc1sc2nc(SC(C)C(=O)NCCCOC)n(-c3cccc(OC)c3)c(=O)c2c1C. The second-order valence-corrected chi connectivity index (χ2v) is 9.71. The Balaban J connectivity index is 2.05. The van der Waals surface area contributed by atoms with Crippen LogP contribution in [0.5, 0.6) is 5.75 Å². The molecule has 2 aromatic heterocycles. The molecule has 0 spiro atoms. The first-order valence-electron chi connectivity index (χ1n) is 10.5. The van der Waals surface area contributed by atoms with Gasteiger partial charge in [0.15, 0.2) is 5.16 Å². The van der Waals surface area contributed by atoms with Crippen molar-refractivity contribution in [3.63, 3.8) is 0 Å². The number of fused-ring (bicyclic) bond motifs is 1. The highest BCUT2D eigenvalue weighted by molar-refractivity contribution is 8.00. The number of nitrogens with one attached hydrogen (secondary N) is 1. The first-order chi connectivity index (χ1) is 15.4. The maximum atomic E-state index is 13.7. The lowest BCUT2D eigenvalue weighted by molar-refractivity contribution is -0.120. The summed E-state index contributed by atoms with van der Waals surface area (Å²) in [6, 6.07) is 7.31. The van der Waals surface area contributed by atoms with E-state index in [9.17, 15) is 9.59 Å². The van der Waals surface area contributed by atoms with Crippen LogP contribution in [0.25, 0.3) is 15.9 Å². The van der Waals surface area contributed by atoms with Crippen molar-refractivity contribution in [1.29, 1.82) is 0 Å². The van der Waals surface area contributed by atoms with E-state index >= 15 is 0 Å². The van der Waals surface area contributed by atoms with Gasteiger partial charge in [0.05, 0.1) is 23.4 Å². The molecule has 1 unspecified atom stereocenters. The molecule has 0 aliphatic heterocycles. The molecule has 0 bridgehead atoms. The Morgan fingerprint density at radius 1 is 1.34 bits per heavy atom. The molecule has 0 fully saturated rings. The second-order valence-electron chi connectivity index (χ2n) is 7.32. The van der Waals surface area contributed by atoms with Crippen molar-refractivity contribution in [2.24, 2.45) is 0 Å². The van der Waals surface area contributed by atoms with Crippen LogP contribution in [0, 0.1) is 6.92 Å². The van der Waals surface area contributed by atoms with Crippen LogP contribution in [-0.4, -0.2) is 48.1 Å². The van der Waals surface area contributed by atoms with Crippen LogP contribution < -0.4 is 15.6 Å². The van der Waals surface area contributed by atoms with Gasteiger partial charge < -0.3 is 14.8 Å². The van der Waals surface area contributed by atoms with Crippen LogP contribution in [0.4, 0.5) is 0 Å². The maximum Gasteiger partial charge on any atom is 0.267 e. The monoisotopic (exact) mass is 475 g/mol. The molecule has 2 heterocycles. The average Bonchev–Trinajstić information content (AvgIpc) is 3.12. The van der Waals surface area contributed by atoms with Gasteiger partial charge in [-0.25, -0.2) is 4.98 Å². The zero-order chi connectivity index (χ0) is 23.3. The van der Waals surface area contributed by atoms with Gasteiger partial charge in [0.2, 0.25) is 5.91 Å². The molecule has 0 aliphatic rings. The Morgan fingerprint density at radius 3 is 2.81 bits per heavy atom. The molecule has 9 heteroatoms. The van der Waals surface area contributed by atoms with Gasteiger partial charge in [-0.2, -0.15) is 0 Å². The van der Waals surface area contributed by atoms with Gasteiger partial charge in [-0.05, 0) is 44.4 Å². The Morgan fingerprint density at radius 2 is 2.12 bits per heavy atom. The number of aryl methyl sites for hydroxylation is 2. The summed E-state index contributed by atoms with van der Waals surface area (Å²) in [6.45, 7) is 6.99. The number of benzene rings is 1. The molecule has 3 aromatic rings. The van der Waals surface area contributed by atoms with Crippen LogP contribution in [0.1, 0.15) is 30.7 Å². The molecule has 1 N–H and O–H groups in total. The molecule has 1 amide bonds. The van der Waals surface area contributed by atoms with Gasteiger partial charge in [0.1, 0.15) is 10.6 Å². The van der Waals surface area contributed by atoms with E-state index < -0.39 is 5.25 Å². The Kier molecular flexibility index (Phi) is 8.33. The second kappa shape index (κ2) is 11.0. The third-order valence-electron chi connectivity index (χ3n) is 5.14. The van der Waals surface area contributed by atoms with Gasteiger partial charge in [0, 0.05) is 31.2 Å². The van der Waals surface area contributed by atoms with Gasteiger partial charge in [0.25, 0.3) is 5.56 Å². The van der Waals surface area contributed by atoms with Crippen molar-refractivity contribution in [2.75, 3.05) is 27.4 Å². The van der Waals surface area contributed by atoms with Crippen molar-refractivity contribution in [3.05, 3.63) is 45.1 Å². The number of aromatic nitrogens is 2. The number of carbonyl (C=O) groups is 1. The van der Waals surface area contributed by atoms with Gasteiger partial charge >= 0.3 is 0 Å². The molecule has 0 saturated heterocycles. The summed E-state index contributed by atoms with van der Waals surface area (Å²) in [6.07, 6.45) is 1.58. The average molecular weight is 476 g/mol. The van der Waals surface area contributed by atoms with E-state index in [0.717, 1.165) is 23.3 Å². The minimum absolute atomic E-state index is 0.103. The summed E-state index contributed by atoms with van der Waals surface area (Å²) in [7, 11) is 3.22. The molecule has 172 valence electrons. The lowest BCUT2D eigenvalue weighted by atomic mass is 10.2. The fourth-order valence-corrected chi connectivity index (χ4v) is 5.50. The third kappa shape index (κ3) is 5.16. The smallest absolute Gasteiger partial charge is 0.267 e. The summed E-state index contributed by atoms with van der Waals surface area (Å²) in [4.78, 5) is 32.9. The van der Waals surface area contributed by atoms with Crippen molar-refractivity contribution in [2.45, 2.75) is 44.0 Å². The standard InChI is InChI=1S/C23H29N3O4S2/c1-6-18-14(2)19-21(32-18)25-23(31-15(3)20(27)24-11-8-12-29-4)26(22(19)28)16-9-7-10-17(13-16)30-5/h7,9-10,13,15H,6,8,11-12H2,1-5H3,(H,24,27). The number of amides is 1. The van der Waals surface area contributed by atoms with E-state index in [0.29, 0.717) is 40.0 Å². The first kappa shape index (κ1) is 24.3. The number of rotatable bonds is 10. The fourth-order valence-electron chi connectivity index (χ4n) is 3.39. The summed E-state index contributed by atoms with van der Waals surface area (Å²) in [5, 5.41) is 3.61. The van der Waals surface area contributed by atoms with Crippen LogP contribution in [0.2, 0.25) is 0 Å². The quantitative estimate of drug-likeness (QED) is 0.272. The number of hydrogen-bond acceptors (Lipinski definition) is 7. The molecular weight excluding hydrogens is 446 g/mol. The molecule has 0 aliphatic carbocycles. The number of nitrogens with zero attached hydrogens (tertiary/aromatic N) is 2. The lowest BCUT2D eigenvalue weighted by Gasteiger charge is -2.16. The predicted octanol–water partition coefficient (Wildman–Crippen LogP) is 3.96. The Hall–Kier alpha value is -2.36. The maximum absolute atomic E-state index is 13.7. The molecule has 0 radical (unpaired) electrons. The Labute approximate surface area is 196 Å². The van der Waals surface area contributed by atoms with E-state index in [-0.39, 0.29) is 11.5 Å². The molecule has 1 aromatic carbocycles. The number of ether oxygens (including phenoxy) is 2. The highest BCUT2D eigenvalue weighted by Crippen LogP contribution is 2.32. The summed E-state index contributed by atoms with van der Waals surface area (Å²) in [5.41, 5.74) is 1.50. The molecule has 3 rings (SSSR count). The van der Waals surface area contributed by atoms with Crippen LogP contribution in [0.3, 0.4) is 0 Å². The number of carbonyl (C=O) groups excluding carboxylic acids is 1. The van der Waals surface area contributed by atoms with E-state index in [1.54, 1.807) is 36.2 Å². The minimum atomic E-state index is -0.426. The summed E-state index contributed by atoms with van der Waals surface area (Å²) in [5.74, 6) is 0.542. The van der Waals surface area contributed by atoms with Gasteiger partial charge in [-0.15, -0.1) is 11.3 Å². The summed E-state index contributed by atoms with van der Waals surface area (Å²) >= 11 is 2.82. The Bertz CT molecular complexity index is 1160. The number of hydrogen-bond donors (Lipinski definition) is 1. The van der Waals surface area contributed by atoms with Crippen molar-refractivity contribution in [3.8, 4) is 11.4 Å². The molecule has 0 saturated carbocycles. The third-order valence-corrected chi connectivity index (χ3v) is 7.52. The normalized spacial score (nSPS) is 12.2. The predicted molar refractivity (Wildman–Crippen MR) is 131 cm³/mol. The fraction of sp³-hybridized carbons (Fsp3) is 0.435. The van der Waals surface area contributed by atoms with Gasteiger partial charge in [-0.1, -0.05) is 24.8 Å². The highest BCUT2D eigenvalue weighted by Gasteiger charge is 2.22. The van der Waals surface area contributed by atoms with Crippen molar-refractivity contribution < 1.29 is 14.3 Å². The van der Waals surface area contributed by atoms with Gasteiger partial charge in [-0.3, -0.25) is 14.2 Å². The number of methoxy groups -OCH3 is 2. The highest BCUT2D eigenvalue weighted by atomic mass is 32.2. The van der Waals surface area contributed by atoms with E-state index in [2.05, 4.69) is 12.2 Å². The molecular formula is C23H29N3O4S2. The summed E-state index contributed by atoms with van der Waals surface area (Å²) < 4.78 is 12.0. The zero-order valence-corrected chi connectivity index (χ0v) is 20.7. The zero-order valence-electron chi connectivity index (χ0n) is 19.1. The largest absolute Gasteiger partial charge is 0.497 e. The lowest BCUT2D eigenvalue weighted by Crippen LogP contribution is -2.33. The minimum Gasteiger partial charge on any atom is -0.497 e. The van der Waals surface area contributed by atoms with Crippen molar-refractivity contribution in [1.82, 2.24) is 14.9 Å². The van der Waals surface area contributed by atoms with E-state index in [1.807, 2.05) is 32.0 Å². The molecule has 1 atom stereocenters. The first-order valence-corrected chi connectivity index (χ1v) is 12.2. The van der Waals surface area contributed by atoms with Crippen LogP contribution in [0.15, 0.2) is 34.2 Å².